The van der Waals surface area contributed by atoms with Crippen molar-refractivity contribution >= 4 is 5.96 Å². The lowest BCUT2D eigenvalue weighted by Crippen LogP contribution is -2.52. The number of hydrogen-bond acceptors (Lipinski definition) is 3. The summed E-state index contributed by atoms with van der Waals surface area (Å²) in [7, 11) is 1.43. The van der Waals surface area contributed by atoms with Crippen LogP contribution in [-0.2, 0) is 6.54 Å². The molecular formula is C18H26F4N4O. The van der Waals surface area contributed by atoms with Crippen molar-refractivity contribution in [2.75, 3.05) is 46.4 Å². The molecule has 1 N–H and O–H groups in total. The van der Waals surface area contributed by atoms with Crippen molar-refractivity contribution in [2.45, 2.75) is 26.1 Å². The zero-order valence-corrected chi connectivity index (χ0v) is 15.7. The predicted molar refractivity (Wildman–Crippen MR) is 96.5 cm³/mol. The van der Waals surface area contributed by atoms with Crippen molar-refractivity contribution in [1.82, 2.24) is 15.1 Å². The average molecular weight is 390 g/mol. The fourth-order valence-electron chi connectivity index (χ4n) is 2.90. The van der Waals surface area contributed by atoms with Crippen LogP contribution in [0.2, 0.25) is 0 Å². The molecule has 1 heterocycles. The van der Waals surface area contributed by atoms with E-state index in [0.29, 0.717) is 32.1 Å². The van der Waals surface area contributed by atoms with Gasteiger partial charge in [0, 0.05) is 39.3 Å². The minimum Gasteiger partial charge on any atom is -0.494 e. The van der Waals surface area contributed by atoms with E-state index in [9.17, 15) is 17.6 Å². The zero-order chi connectivity index (χ0) is 19.9. The maximum Gasteiger partial charge on any atom is 0.390 e. The lowest BCUT2D eigenvalue weighted by molar-refractivity contribution is -0.132. The fourth-order valence-corrected chi connectivity index (χ4v) is 2.90. The van der Waals surface area contributed by atoms with E-state index in [2.05, 4.69) is 15.2 Å². The Bertz CT molecular complexity index is 628. The number of methoxy groups -OCH3 is 1. The molecule has 5 nitrogen and oxygen atoms in total. The van der Waals surface area contributed by atoms with Crippen LogP contribution in [0.25, 0.3) is 0 Å². The van der Waals surface area contributed by atoms with Crippen LogP contribution in [0.15, 0.2) is 23.2 Å². The van der Waals surface area contributed by atoms with Crippen LogP contribution >= 0.6 is 0 Å². The molecule has 1 saturated heterocycles. The highest BCUT2D eigenvalue weighted by Crippen LogP contribution is 2.20. The number of alkyl halides is 3. The molecule has 0 bridgehead atoms. The molecular weight excluding hydrogens is 364 g/mol. The largest absolute Gasteiger partial charge is 0.494 e. The number of halogens is 4. The van der Waals surface area contributed by atoms with E-state index in [-0.39, 0.29) is 18.1 Å². The number of benzene rings is 1. The van der Waals surface area contributed by atoms with Crippen LogP contribution < -0.4 is 10.1 Å². The van der Waals surface area contributed by atoms with E-state index >= 15 is 0 Å². The number of aliphatic imine (C=N–C) groups is 1. The van der Waals surface area contributed by atoms with Crippen LogP contribution in [0.4, 0.5) is 17.6 Å². The smallest absolute Gasteiger partial charge is 0.390 e. The molecule has 2 rings (SSSR count). The molecule has 0 radical (unpaired) electrons. The van der Waals surface area contributed by atoms with Crippen LogP contribution in [0.5, 0.6) is 5.75 Å². The zero-order valence-electron chi connectivity index (χ0n) is 15.7. The van der Waals surface area contributed by atoms with Gasteiger partial charge in [0.15, 0.2) is 17.5 Å². The minimum atomic E-state index is -4.20. The summed E-state index contributed by atoms with van der Waals surface area (Å²) in [5.41, 5.74) is 0.854. The molecule has 1 aromatic carbocycles. The number of piperazine rings is 1. The van der Waals surface area contributed by atoms with Gasteiger partial charge in [-0.3, -0.25) is 9.89 Å². The molecule has 0 aromatic heterocycles. The van der Waals surface area contributed by atoms with E-state index in [1.807, 2.05) is 17.9 Å². The summed E-state index contributed by atoms with van der Waals surface area (Å²) < 4.78 is 55.7. The second-order valence-electron chi connectivity index (χ2n) is 6.33. The van der Waals surface area contributed by atoms with Crippen molar-refractivity contribution in [3.8, 4) is 5.75 Å². The van der Waals surface area contributed by atoms with Gasteiger partial charge in [-0.15, -0.1) is 0 Å². The topological polar surface area (TPSA) is 40.1 Å². The maximum atomic E-state index is 13.8. The molecule has 1 aromatic rings. The first-order valence-corrected chi connectivity index (χ1v) is 8.97. The Labute approximate surface area is 157 Å². The monoisotopic (exact) mass is 390 g/mol. The van der Waals surface area contributed by atoms with E-state index in [4.69, 9.17) is 4.74 Å². The Hall–Kier alpha value is -2.03. The van der Waals surface area contributed by atoms with Crippen LogP contribution in [0.1, 0.15) is 18.9 Å². The summed E-state index contributed by atoms with van der Waals surface area (Å²) >= 11 is 0. The second-order valence-corrected chi connectivity index (χ2v) is 6.33. The summed E-state index contributed by atoms with van der Waals surface area (Å²) in [6.45, 7) is 5.54. The van der Waals surface area contributed by atoms with Crippen molar-refractivity contribution in [3.63, 3.8) is 0 Å². The number of hydrogen-bond donors (Lipinski definition) is 1. The molecule has 27 heavy (non-hydrogen) atoms. The summed E-state index contributed by atoms with van der Waals surface area (Å²) in [6, 6.07) is 4.91. The van der Waals surface area contributed by atoms with Gasteiger partial charge in [0.1, 0.15) is 0 Å². The van der Waals surface area contributed by atoms with Gasteiger partial charge in [-0.05, 0) is 24.6 Å². The third kappa shape index (κ3) is 6.89. The van der Waals surface area contributed by atoms with E-state index < -0.39 is 12.6 Å². The van der Waals surface area contributed by atoms with E-state index in [0.717, 1.165) is 18.7 Å². The maximum absolute atomic E-state index is 13.8. The van der Waals surface area contributed by atoms with Gasteiger partial charge >= 0.3 is 6.18 Å². The van der Waals surface area contributed by atoms with Crippen molar-refractivity contribution in [3.05, 3.63) is 29.6 Å². The Morgan fingerprint density at radius 1 is 1.22 bits per heavy atom. The normalized spacial score (nSPS) is 16.5. The molecule has 152 valence electrons. The fraction of sp³-hybridized carbons (Fsp3) is 0.611. The minimum absolute atomic E-state index is 0.217. The molecule has 9 heteroatoms. The van der Waals surface area contributed by atoms with Gasteiger partial charge in [0.25, 0.3) is 0 Å². The van der Waals surface area contributed by atoms with Crippen molar-refractivity contribution in [2.24, 2.45) is 4.99 Å². The standard InChI is InChI=1S/C18H26F4N4O/c1-3-23-17(24-7-6-18(20,21)22)26-10-8-25(9-11-26)13-14-4-5-16(27-2)15(19)12-14/h4-5,12H,3,6-11,13H2,1-2H3,(H,23,24). The Morgan fingerprint density at radius 2 is 1.93 bits per heavy atom. The molecule has 1 aliphatic heterocycles. The van der Waals surface area contributed by atoms with Crippen LogP contribution in [0, 0.1) is 5.82 Å². The molecule has 1 aliphatic rings. The molecule has 0 atom stereocenters. The van der Waals surface area contributed by atoms with Gasteiger partial charge in [-0.2, -0.15) is 13.2 Å². The van der Waals surface area contributed by atoms with Crippen molar-refractivity contribution < 1.29 is 22.3 Å². The number of nitrogens with one attached hydrogen (secondary N) is 1. The van der Waals surface area contributed by atoms with Gasteiger partial charge in [-0.25, -0.2) is 4.39 Å². The summed E-state index contributed by atoms with van der Waals surface area (Å²) in [6.07, 6.45) is -5.13. The molecule has 0 amide bonds. The summed E-state index contributed by atoms with van der Waals surface area (Å²) in [4.78, 5) is 8.23. The van der Waals surface area contributed by atoms with E-state index in [1.165, 1.54) is 13.2 Å². The third-order valence-corrected chi connectivity index (χ3v) is 4.29. The SMILES string of the molecule is CCNC(=NCCC(F)(F)F)N1CCN(Cc2ccc(OC)c(F)c2)CC1. The molecule has 1 fully saturated rings. The van der Waals surface area contributed by atoms with Crippen LogP contribution in [-0.4, -0.2) is 68.3 Å². The molecule has 0 aliphatic carbocycles. The van der Waals surface area contributed by atoms with Gasteiger partial charge < -0.3 is 15.0 Å². The third-order valence-electron chi connectivity index (χ3n) is 4.29. The Kier molecular flexibility index (Phi) is 7.70. The van der Waals surface area contributed by atoms with Gasteiger partial charge in [-0.1, -0.05) is 6.07 Å². The molecule has 0 saturated carbocycles. The van der Waals surface area contributed by atoms with Gasteiger partial charge in [0.05, 0.1) is 20.1 Å². The van der Waals surface area contributed by atoms with E-state index in [1.54, 1.807) is 6.07 Å². The van der Waals surface area contributed by atoms with Crippen LogP contribution in [0.3, 0.4) is 0 Å². The predicted octanol–water partition coefficient (Wildman–Crippen LogP) is 2.87. The summed E-state index contributed by atoms with van der Waals surface area (Å²) in [5, 5.41) is 3.05. The Morgan fingerprint density at radius 3 is 2.48 bits per heavy atom. The first-order valence-electron chi connectivity index (χ1n) is 8.97. The number of rotatable bonds is 6. The number of ether oxygens (including phenoxy) is 1. The number of nitrogens with zero attached hydrogens (tertiary/aromatic N) is 3. The first kappa shape index (κ1) is 21.3. The average Bonchev–Trinajstić information content (AvgIpc) is 2.61. The number of guanidine groups is 1. The molecule has 0 unspecified atom stereocenters. The molecule has 0 spiro atoms. The summed E-state index contributed by atoms with van der Waals surface area (Å²) in [5.74, 6) is 0.339. The quantitative estimate of drug-likeness (QED) is 0.461. The Balaban J connectivity index is 1.88. The highest BCUT2D eigenvalue weighted by Gasteiger charge is 2.26. The van der Waals surface area contributed by atoms with Gasteiger partial charge in [0.2, 0.25) is 0 Å². The highest BCUT2D eigenvalue weighted by atomic mass is 19.4. The lowest BCUT2D eigenvalue weighted by atomic mass is 10.2. The highest BCUT2D eigenvalue weighted by molar-refractivity contribution is 5.80. The second kappa shape index (κ2) is 9.77. The first-order chi connectivity index (χ1) is 12.8. The van der Waals surface area contributed by atoms with Crippen molar-refractivity contribution in [1.29, 1.82) is 0 Å². The lowest BCUT2D eigenvalue weighted by Gasteiger charge is -2.36.